The molecule has 0 fully saturated rings. The fraction of sp³-hybridized carbons (Fsp3) is 0.118. The first kappa shape index (κ1) is 13.1. The zero-order chi connectivity index (χ0) is 15.5. The maximum atomic E-state index is 13.3. The van der Waals surface area contributed by atoms with Crippen LogP contribution in [0.15, 0.2) is 48.5 Å². The molecule has 5 heteroatoms. The second kappa shape index (κ2) is 4.22. The quantitative estimate of drug-likeness (QED) is 0.467. The largest absolute Gasteiger partial charge is 0.417 e. The molecule has 0 atom stereocenters. The van der Waals surface area contributed by atoms with Crippen LogP contribution >= 0.6 is 0 Å². The van der Waals surface area contributed by atoms with Gasteiger partial charge in [0.2, 0.25) is 0 Å². The van der Waals surface area contributed by atoms with Gasteiger partial charge in [0.05, 0.1) is 18.0 Å². The second-order valence-corrected chi connectivity index (χ2v) is 5.37. The molecule has 2 heterocycles. The topological polar surface area (TPSA) is 19.7 Å². The summed E-state index contributed by atoms with van der Waals surface area (Å²) in [5.74, 6) is 0. The van der Waals surface area contributed by atoms with Crippen molar-refractivity contribution in [2.24, 2.45) is 7.05 Å². The normalized spacial score (nSPS) is 12.5. The molecule has 0 aliphatic heterocycles. The molecule has 0 spiro atoms. The Hall–Kier alpha value is -2.56. The summed E-state index contributed by atoms with van der Waals surface area (Å²) >= 11 is 0. The highest BCUT2D eigenvalue weighted by Gasteiger charge is 2.33. The van der Waals surface area contributed by atoms with E-state index in [-0.39, 0.29) is 5.39 Å². The Bertz CT molecular complexity index is 1030. The molecule has 4 aromatic rings. The van der Waals surface area contributed by atoms with Crippen LogP contribution in [0.4, 0.5) is 13.2 Å². The van der Waals surface area contributed by atoms with Gasteiger partial charge in [-0.1, -0.05) is 18.2 Å². The molecule has 0 unspecified atom stereocenters. The molecule has 110 valence electrons. The van der Waals surface area contributed by atoms with Gasteiger partial charge in [-0.25, -0.2) is 9.55 Å². The maximum Gasteiger partial charge on any atom is 0.417 e. The van der Waals surface area contributed by atoms with Crippen LogP contribution < -0.4 is 4.57 Å². The van der Waals surface area contributed by atoms with Gasteiger partial charge in [-0.3, -0.25) is 0 Å². The minimum Gasteiger partial charge on any atom is -0.240 e. The van der Waals surface area contributed by atoms with Crippen molar-refractivity contribution in [1.82, 2.24) is 4.98 Å². The van der Waals surface area contributed by atoms with Crippen LogP contribution in [-0.4, -0.2) is 4.98 Å². The molecular formula is C17H12F3N2+. The Balaban J connectivity index is 2.25. The molecule has 0 bridgehead atoms. The highest BCUT2D eigenvalue weighted by molar-refractivity contribution is 6.07. The number of alkyl halides is 3. The summed E-state index contributed by atoms with van der Waals surface area (Å²) in [7, 11) is 1.78. The number of halogens is 3. The summed E-state index contributed by atoms with van der Waals surface area (Å²) < 4.78 is 41.6. The molecule has 0 amide bonds. The molecule has 0 aliphatic carbocycles. The number of nitrogens with zero attached hydrogens (tertiary/aromatic N) is 1. The van der Waals surface area contributed by atoms with E-state index in [1.165, 1.54) is 6.07 Å². The van der Waals surface area contributed by atoms with Crippen LogP contribution in [0.5, 0.6) is 0 Å². The van der Waals surface area contributed by atoms with Crippen LogP contribution in [0.3, 0.4) is 0 Å². The Morgan fingerprint density at radius 1 is 0.909 bits per heavy atom. The molecule has 1 N–H and O–H groups in total. The molecule has 2 nitrogen and oxygen atoms in total. The first-order chi connectivity index (χ1) is 10.5. The minimum atomic E-state index is -4.37. The summed E-state index contributed by atoms with van der Waals surface area (Å²) in [6.07, 6.45) is -4.37. The van der Waals surface area contributed by atoms with Gasteiger partial charge in [-0.15, -0.1) is 0 Å². The van der Waals surface area contributed by atoms with Gasteiger partial charge in [0.1, 0.15) is 11.0 Å². The lowest BCUT2D eigenvalue weighted by Gasteiger charge is -2.10. The lowest BCUT2D eigenvalue weighted by molar-refractivity contribution is -0.619. The van der Waals surface area contributed by atoms with Crippen LogP contribution in [-0.2, 0) is 13.2 Å². The number of pyridine rings is 1. The van der Waals surface area contributed by atoms with Crippen LogP contribution in [0.2, 0.25) is 0 Å². The van der Waals surface area contributed by atoms with E-state index in [2.05, 4.69) is 4.98 Å². The van der Waals surface area contributed by atoms with Gasteiger partial charge in [0, 0.05) is 10.8 Å². The predicted molar refractivity (Wildman–Crippen MR) is 79.5 cm³/mol. The summed E-state index contributed by atoms with van der Waals surface area (Å²) in [6, 6.07) is 13.5. The number of aromatic amines is 1. The monoisotopic (exact) mass is 301 g/mol. The molecule has 0 radical (unpaired) electrons. The van der Waals surface area contributed by atoms with Crippen LogP contribution in [0.1, 0.15) is 5.56 Å². The zero-order valence-electron chi connectivity index (χ0n) is 11.7. The fourth-order valence-corrected chi connectivity index (χ4v) is 3.07. The van der Waals surface area contributed by atoms with Crippen LogP contribution in [0.25, 0.3) is 32.8 Å². The predicted octanol–water partition coefficient (Wildman–Crippen LogP) is 4.32. The second-order valence-electron chi connectivity index (χ2n) is 5.37. The first-order valence-electron chi connectivity index (χ1n) is 6.86. The first-order valence-corrected chi connectivity index (χ1v) is 6.86. The molecule has 22 heavy (non-hydrogen) atoms. The molecular weight excluding hydrogens is 289 g/mol. The highest BCUT2D eigenvalue weighted by atomic mass is 19.4. The van der Waals surface area contributed by atoms with E-state index >= 15 is 0 Å². The van der Waals surface area contributed by atoms with Crippen molar-refractivity contribution in [2.45, 2.75) is 6.18 Å². The Morgan fingerprint density at radius 3 is 2.45 bits per heavy atom. The van der Waals surface area contributed by atoms with E-state index in [4.69, 9.17) is 0 Å². The van der Waals surface area contributed by atoms with Gasteiger partial charge in [-0.2, -0.15) is 13.2 Å². The van der Waals surface area contributed by atoms with E-state index in [9.17, 15) is 13.2 Å². The van der Waals surface area contributed by atoms with E-state index < -0.39 is 11.7 Å². The Labute approximate surface area is 123 Å². The van der Waals surface area contributed by atoms with Crippen molar-refractivity contribution in [2.75, 3.05) is 0 Å². The van der Waals surface area contributed by atoms with Crippen molar-refractivity contribution in [3.63, 3.8) is 0 Å². The number of nitrogens with one attached hydrogen (secondary N) is 1. The fourth-order valence-electron chi connectivity index (χ4n) is 3.07. The standard InChI is InChI=1S/C17H11F3N2/c1-22-15-8-4-6-13(17(18,19)20)12(15)9-11-10-5-2-3-7-14(10)21-16(11)22/h2-9H,1H3/p+1. The molecule has 2 aromatic heterocycles. The maximum absolute atomic E-state index is 13.3. The average Bonchev–Trinajstić information content (AvgIpc) is 2.85. The minimum absolute atomic E-state index is 0.217. The number of benzene rings is 2. The van der Waals surface area contributed by atoms with E-state index in [1.807, 2.05) is 24.3 Å². The summed E-state index contributed by atoms with van der Waals surface area (Å²) in [6.45, 7) is 0. The third kappa shape index (κ3) is 1.71. The Kier molecular flexibility index (Phi) is 2.52. The van der Waals surface area contributed by atoms with Gasteiger partial charge in [0.25, 0.3) is 5.65 Å². The van der Waals surface area contributed by atoms with Crippen molar-refractivity contribution in [1.29, 1.82) is 0 Å². The number of H-pyrrole nitrogens is 1. The summed E-state index contributed by atoms with van der Waals surface area (Å²) in [4.78, 5) is 3.28. The van der Waals surface area contributed by atoms with Gasteiger partial charge < -0.3 is 0 Å². The number of aromatic nitrogens is 2. The number of para-hydroxylation sites is 1. The number of rotatable bonds is 0. The number of fused-ring (bicyclic) bond motifs is 4. The third-order valence-corrected chi connectivity index (χ3v) is 4.10. The molecule has 0 saturated carbocycles. The van der Waals surface area contributed by atoms with E-state index in [1.54, 1.807) is 23.7 Å². The number of aryl methyl sites for hydroxylation is 1. The smallest absolute Gasteiger partial charge is 0.240 e. The third-order valence-electron chi connectivity index (χ3n) is 4.10. The van der Waals surface area contributed by atoms with Crippen molar-refractivity contribution in [3.8, 4) is 0 Å². The highest BCUT2D eigenvalue weighted by Crippen LogP contribution is 2.36. The van der Waals surface area contributed by atoms with Gasteiger partial charge in [0.15, 0.2) is 0 Å². The van der Waals surface area contributed by atoms with Crippen molar-refractivity contribution >= 4 is 32.8 Å². The lowest BCUT2D eigenvalue weighted by atomic mass is 10.1. The van der Waals surface area contributed by atoms with Crippen LogP contribution in [0, 0.1) is 0 Å². The number of hydrogen-bond acceptors (Lipinski definition) is 0. The Morgan fingerprint density at radius 2 is 1.68 bits per heavy atom. The molecule has 0 saturated heterocycles. The van der Waals surface area contributed by atoms with Crippen molar-refractivity contribution in [3.05, 3.63) is 54.1 Å². The SMILES string of the molecule is C[n+]1c2cccc(C(F)(F)F)c2cc2c3ccccc3[nH]c21. The molecule has 4 rings (SSSR count). The lowest BCUT2D eigenvalue weighted by Crippen LogP contribution is -2.30. The molecule has 0 aliphatic rings. The van der Waals surface area contributed by atoms with E-state index in [0.29, 0.717) is 5.52 Å². The van der Waals surface area contributed by atoms with Gasteiger partial charge in [-0.05, 0) is 30.3 Å². The molecule has 2 aromatic carbocycles. The summed E-state index contributed by atoms with van der Waals surface area (Å²) in [5.41, 5.74) is 1.67. The van der Waals surface area contributed by atoms with Crippen molar-refractivity contribution < 1.29 is 17.7 Å². The average molecular weight is 301 g/mol. The zero-order valence-corrected chi connectivity index (χ0v) is 11.7. The van der Waals surface area contributed by atoms with Gasteiger partial charge >= 0.3 is 6.18 Å². The summed E-state index contributed by atoms with van der Waals surface area (Å²) in [5, 5.41) is 1.93. The van der Waals surface area contributed by atoms with E-state index in [0.717, 1.165) is 28.0 Å². The number of hydrogen-bond donors (Lipinski definition) is 1.